The molecule has 0 aliphatic carbocycles. The molecule has 0 fully saturated rings. The number of anilines is 1. The molecular formula is C28H25N3O4S. The van der Waals surface area contributed by atoms with Crippen molar-refractivity contribution in [1.82, 2.24) is 9.55 Å². The van der Waals surface area contributed by atoms with E-state index in [-0.39, 0.29) is 17.2 Å². The van der Waals surface area contributed by atoms with Crippen LogP contribution in [0.2, 0.25) is 0 Å². The molecule has 36 heavy (non-hydrogen) atoms. The number of thioether (sulfide) groups is 1. The van der Waals surface area contributed by atoms with Gasteiger partial charge in [-0.05, 0) is 61.4 Å². The van der Waals surface area contributed by atoms with E-state index in [0.29, 0.717) is 39.6 Å². The highest BCUT2D eigenvalue weighted by Crippen LogP contribution is 2.33. The molecule has 2 heterocycles. The summed E-state index contributed by atoms with van der Waals surface area (Å²) in [4.78, 5) is 45.4. The van der Waals surface area contributed by atoms with Gasteiger partial charge in [-0.1, -0.05) is 36.0 Å². The summed E-state index contributed by atoms with van der Waals surface area (Å²) in [5.74, 6) is 0.456. The molecule has 7 nitrogen and oxygen atoms in total. The Morgan fingerprint density at radius 1 is 1.03 bits per heavy atom. The molecule has 1 atom stereocenters. The number of fused-ring (bicyclic) bond motifs is 2. The van der Waals surface area contributed by atoms with E-state index in [1.165, 1.54) is 16.3 Å². The van der Waals surface area contributed by atoms with E-state index in [0.717, 1.165) is 17.7 Å². The fraction of sp³-hybridized carbons (Fsp3) is 0.214. The second kappa shape index (κ2) is 9.62. The van der Waals surface area contributed by atoms with Crippen molar-refractivity contribution in [2.75, 3.05) is 18.6 Å². The molecule has 1 amide bonds. The summed E-state index contributed by atoms with van der Waals surface area (Å²) in [6, 6.07) is 19.9. The van der Waals surface area contributed by atoms with E-state index < -0.39 is 5.25 Å². The maximum Gasteiger partial charge on any atom is 0.266 e. The first kappa shape index (κ1) is 23.8. The van der Waals surface area contributed by atoms with Crippen molar-refractivity contribution in [1.29, 1.82) is 0 Å². The first-order valence-electron chi connectivity index (χ1n) is 11.7. The van der Waals surface area contributed by atoms with Gasteiger partial charge in [-0.3, -0.25) is 19.0 Å². The fourth-order valence-electron chi connectivity index (χ4n) is 4.55. The summed E-state index contributed by atoms with van der Waals surface area (Å²) in [7, 11) is 1.55. The number of rotatable bonds is 6. The van der Waals surface area contributed by atoms with Gasteiger partial charge < -0.3 is 9.64 Å². The molecule has 4 aromatic rings. The number of benzene rings is 3. The molecule has 1 unspecified atom stereocenters. The Hall–Kier alpha value is -3.91. The lowest BCUT2D eigenvalue weighted by atomic mass is 10.0. The van der Waals surface area contributed by atoms with Crippen molar-refractivity contribution in [3.8, 4) is 11.4 Å². The Kier molecular flexibility index (Phi) is 6.36. The van der Waals surface area contributed by atoms with Crippen LogP contribution in [0.5, 0.6) is 5.75 Å². The highest BCUT2D eigenvalue weighted by Gasteiger charge is 2.26. The minimum absolute atomic E-state index is 0.00607. The average Bonchev–Trinajstić information content (AvgIpc) is 3.32. The number of ether oxygens (including phenoxy) is 1. The highest BCUT2D eigenvalue weighted by molar-refractivity contribution is 8.00. The van der Waals surface area contributed by atoms with Crippen LogP contribution < -0.4 is 15.2 Å². The highest BCUT2D eigenvalue weighted by atomic mass is 32.2. The van der Waals surface area contributed by atoms with Crippen molar-refractivity contribution in [3.05, 3.63) is 88.2 Å². The van der Waals surface area contributed by atoms with Gasteiger partial charge in [0.2, 0.25) is 5.91 Å². The number of carbonyl (C=O) groups excluding carboxylic acids is 2. The summed E-state index contributed by atoms with van der Waals surface area (Å²) in [5, 5.41) is 0.385. The van der Waals surface area contributed by atoms with Crippen LogP contribution in [0, 0.1) is 0 Å². The van der Waals surface area contributed by atoms with Crippen LogP contribution in [0.1, 0.15) is 29.8 Å². The Labute approximate surface area is 212 Å². The van der Waals surface area contributed by atoms with Crippen molar-refractivity contribution in [2.45, 2.75) is 30.7 Å². The Balaban J connectivity index is 1.54. The predicted molar refractivity (Wildman–Crippen MR) is 142 cm³/mol. The number of amides is 1. The molecule has 0 saturated heterocycles. The maximum atomic E-state index is 13.6. The molecule has 1 aliphatic rings. The third kappa shape index (κ3) is 4.18. The average molecular weight is 500 g/mol. The van der Waals surface area contributed by atoms with Gasteiger partial charge in [0.15, 0.2) is 10.9 Å². The van der Waals surface area contributed by atoms with Gasteiger partial charge in [-0.25, -0.2) is 4.98 Å². The molecular weight excluding hydrogens is 474 g/mol. The molecule has 1 aliphatic heterocycles. The standard InChI is InChI=1S/C28H25N3O4S/c1-17(26(33)20-12-13-23-19(16-20)14-15-30(23)18(2)32)36-28-29-22-9-5-4-8-21(22)27(34)31(28)24-10-6-7-11-25(24)35-3/h4-13,16-17H,14-15H2,1-3H3. The van der Waals surface area contributed by atoms with Crippen LogP contribution in [0.15, 0.2) is 76.7 Å². The fourth-order valence-corrected chi connectivity index (χ4v) is 5.54. The molecule has 0 spiro atoms. The van der Waals surface area contributed by atoms with Crippen molar-refractivity contribution >= 4 is 40.0 Å². The number of Topliss-reactive ketones (excluding diaryl/α,β-unsaturated/α-hetero) is 1. The number of nitrogens with zero attached hydrogens (tertiary/aromatic N) is 3. The summed E-state index contributed by atoms with van der Waals surface area (Å²) in [6.45, 7) is 3.99. The number of hydrogen-bond acceptors (Lipinski definition) is 6. The van der Waals surface area contributed by atoms with E-state index in [9.17, 15) is 14.4 Å². The van der Waals surface area contributed by atoms with Gasteiger partial charge in [-0.2, -0.15) is 0 Å². The second-order valence-electron chi connectivity index (χ2n) is 8.61. The lowest BCUT2D eigenvalue weighted by Gasteiger charge is -2.18. The molecule has 0 radical (unpaired) electrons. The van der Waals surface area contributed by atoms with Gasteiger partial charge in [0.1, 0.15) is 5.75 Å². The molecule has 5 rings (SSSR count). The topological polar surface area (TPSA) is 81.5 Å². The first-order valence-corrected chi connectivity index (χ1v) is 12.5. The van der Waals surface area contributed by atoms with Crippen molar-refractivity contribution in [2.24, 2.45) is 0 Å². The lowest BCUT2D eigenvalue weighted by Crippen LogP contribution is -2.25. The third-order valence-corrected chi connectivity index (χ3v) is 7.41. The van der Waals surface area contributed by atoms with E-state index >= 15 is 0 Å². The number of hydrogen-bond donors (Lipinski definition) is 0. The molecule has 0 bridgehead atoms. The molecule has 8 heteroatoms. The zero-order valence-electron chi connectivity index (χ0n) is 20.2. The largest absolute Gasteiger partial charge is 0.495 e. The van der Waals surface area contributed by atoms with Gasteiger partial charge >= 0.3 is 0 Å². The summed E-state index contributed by atoms with van der Waals surface area (Å²) < 4.78 is 7.04. The molecule has 3 aromatic carbocycles. The van der Waals surface area contributed by atoms with Crippen LogP contribution >= 0.6 is 11.8 Å². The zero-order chi connectivity index (χ0) is 25.4. The van der Waals surface area contributed by atoms with E-state index in [1.807, 2.05) is 37.3 Å². The monoisotopic (exact) mass is 499 g/mol. The third-order valence-electron chi connectivity index (χ3n) is 6.36. The van der Waals surface area contributed by atoms with Gasteiger partial charge in [-0.15, -0.1) is 0 Å². The number of carbonyl (C=O) groups is 2. The van der Waals surface area contributed by atoms with E-state index in [1.54, 1.807) is 55.3 Å². The van der Waals surface area contributed by atoms with Gasteiger partial charge in [0.25, 0.3) is 5.56 Å². The maximum absolute atomic E-state index is 13.6. The normalized spacial score (nSPS) is 13.5. The van der Waals surface area contributed by atoms with Crippen LogP contribution in [-0.2, 0) is 11.2 Å². The number of para-hydroxylation sites is 3. The van der Waals surface area contributed by atoms with Crippen molar-refractivity contribution < 1.29 is 14.3 Å². The summed E-state index contributed by atoms with van der Waals surface area (Å²) in [5.41, 5.74) is 3.33. The SMILES string of the molecule is COc1ccccc1-n1c(SC(C)C(=O)c2ccc3c(c2)CCN3C(C)=O)nc2ccccc2c1=O. The molecule has 1 aromatic heterocycles. The predicted octanol–water partition coefficient (Wildman–Crippen LogP) is 4.67. The quantitative estimate of drug-likeness (QED) is 0.218. The Morgan fingerprint density at radius 3 is 2.56 bits per heavy atom. The van der Waals surface area contributed by atoms with E-state index in [2.05, 4.69) is 0 Å². The Morgan fingerprint density at radius 2 is 1.78 bits per heavy atom. The van der Waals surface area contributed by atoms with Crippen LogP contribution in [0.3, 0.4) is 0 Å². The lowest BCUT2D eigenvalue weighted by molar-refractivity contribution is -0.116. The van der Waals surface area contributed by atoms with Crippen LogP contribution in [-0.4, -0.2) is 40.1 Å². The number of methoxy groups -OCH3 is 1. The smallest absolute Gasteiger partial charge is 0.266 e. The Bertz CT molecular complexity index is 1560. The second-order valence-corrected chi connectivity index (χ2v) is 9.92. The number of ketones is 1. The van der Waals surface area contributed by atoms with E-state index in [4.69, 9.17) is 9.72 Å². The van der Waals surface area contributed by atoms with Gasteiger partial charge in [0, 0.05) is 24.7 Å². The number of aromatic nitrogens is 2. The minimum atomic E-state index is -0.512. The summed E-state index contributed by atoms with van der Waals surface area (Å²) >= 11 is 1.24. The molecule has 182 valence electrons. The summed E-state index contributed by atoms with van der Waals surface area (Å²) in [6.07, 6.45) is 0.719. The minimum Gasteiger partial charge on any atom is -0.495 e. The molecule has 0 N–H and O–H groups in total. The van der Waals surface area contributed by atoms with Crippen molar-refractivity contribution in [3.63, 3.8) is 0 Å². The first-order chi connectivity index (χ1) is 17.4. The van der Waals surface area contributed by atoms with Crippen LogP contribution in [0.4, 0.5) is 5.69 Å². The zero-order valence-corrected chi connectivity index (χ0v) is 21.0. The van der Waals surface area contributed by atoms with Gasteiger partial charge in [0.05, 0.1) is 29.0 Å². The van der Waals surface area contributed by atoms with Crippen LogP contribution in [0.25, 0.3) is 16.6 Å². The molecule has 0 saturated carbocycles.